The largest absolute Gasteiger partial charge is 0.332 e. The Hall–Kier alpha value is -2.21. The molecule has 6 heteroatoms. The average molecular weight is 371 g/mol. The number of carbonyl (C=O) groups is 1. The van der Waals surface area contributed by atoms with Crippen molar-refractivity contribution in [3.8, 4) is 0 Å². The lowest BCUT2D eigenvalue weighted by Crippen LogP contribution is -2.30. The van der Waals surface area contributed by atoms with Crippen LogP contribution in [0.2, 0.25) is 0 Å². The number of nitrogens with one attached hydrogen (secondary N) is 1. The van der Waals surface area contributed by atoms with E-state index >= 15 is 0 Å². The number of halogens is 1. The molecule has 3 heterocycles. The number of benzene rings is 1. The van der Waals surface area contributed by atoms with Gasteiger partial charge in [0.05, 0.1) is 17.8 Å². The first-order valence-corrected chi connectivity index (χ1v) is 8.37. The fraction of sp³-hybridized carbons (Fsp3) is 0.235. The van der Waals surface area contributed by atoms with Crippen molar-refractivity contribution in [2.45, 2.75) is 18.9 Å². The van der Waals surface area contributed by atoms with E-state index in [1.807, 2.05) is 23.1 Å². The molecule has 1 aromatic carbocycles. The van der Waals surface area contributed by atoms with Gasteiger partial charge in [-0.25, -0.2) is 4.98 Å². The second-order valence-electron chi connectivity index (χ2n) is 5.74. The van der Waals surface area contributed by atoms with Gasteiger partial charge in [-0.2, -0.15) is 5.10 Å². The Balaban J connectivity index is 1.64. The monoisotopic (exact) mass is 370 g/mol. The highest BCUT2D eigenvalue weighted by Gasteiger charge is 2.30. The summed E-state index contributed by atoms with van der Waals surface area (Å²) in [5.41, 5.74) is 2.49. The van der Waals surface area contributed by atoms with E-state index in [1.165, 1.54) is 5.56 Å². The molecule has 0 radical (unpaired) electrons. The van der Waals surface area contributed by atoms with Gasteiger partial charge in [0.1, 0.15) is 0 Å². The Kier molecular flexibility index (Phi) is 3.61. The van der Waals surface area contributed by atoms with Crippen LogP contribution >= 0.6 is 15.9 Å². The van der Waals surface area contributed by atoms with Gasteiger partial charge in [-0.3, -0.25) is 9.89 Å². The molecule has 0 spiro atoms. The van der Waals surface area contributed by atoms with Gasteiger partial charge in [0.2, 0.25) is 0 Å². The number of likely N-dealkylation sites (tertiary alicyclic amines) is 1. The second kappa shape index (κ2) is 5.77. The molecule has 23 heavy (non-hydrogen) atoms. The zero-order chi connectivity index (χ0) is 15.8. The third kappa shape index (κ3) is 2.63. The van der Waals surface area contributed by atoms with Gasteiger partial charge in [-0.05, 0) is 36.6 Å². The number of H-pyrrole nitrogens is 1. The summed E-state index contributed by atoms with van der Waals surface area (Å²) in [6.45, 7) is 0.781. The Morgan fingerprint density at radius 3 is 2.91 bits per heavy atom. The normalized spacial score (nSPS) is 17.8. The number of fused-ring (bicyclic) bond motifs is 1. The van der Waals surface area contributed by atoms with E-state index in [4.69, 9.17) is 0 Å². The summed E-state index contributed by atoms with van der Waals surface area (Å²) in [4.78, 5) is 19.1. The van der Waals surface area contributed by atoms with Gasteiger partial charge in [0.25, 0.3) is 5.91 Å². The standard InChI is InChI=1S/C17H15BrN4O/c18-14-5-3-11(4-6-14)15-2-1-7-22(15)17(23)13-8-12-10-20-21-16(12)19-9-13/h3-6,8-10,15H,1-2,7H2,(H,19,20,21)/t15-/m1/s1. The first kappa shape index (κ1) is 14.4. The summed E-state index contributed by atoms with van der Waals surface area (Å²) in [7, 11) is 0. The predicted molar refractivity (Wildman–Crippen MR) is 91.0 cm³/mol. The fourth-order valence-electron chi connectivity index (χ4n) is 3.16. The SMILES string of the molecule is O=C(c1cnc2[nH]ncc2c1)N1CCC[C@@H]1c1ccc(Br)cc1. The van der Waals surface area contributed by atoms with Crippen LogP contribution in [0.1, 0.15) is 34.8 Å². The van der Waals surface area contributed by atoms with Gasteiger partial charge in [-0.15, -0.1) is 0 Å². The van der Waals surface area contributed by atoms with Gasteiger partial charge >= 0.3 is 0 Å². The molecule has 0 bridgehead atoms. The van der Waals surface area contributed by atoms with Gasteiger partial charge in [0.15, 0.2) is 5.65 Å². The molecule has 0 aliphatic carbocycles. The third-order valence-corrected chi connectivity index (χ3v) is 4.84. The van der Waals surface area contributed by atoms with E-state index < -0.39 is 0 Å². The molecule has 1 saturated heterocycles. The summed E-state index contributed by atoms with van der Waals surface area (Å²) < 4.78 is 1.05. The van der Waals surface area contributed by atoms with Crippen LogP contribution in [0.5, 0.6) is 0 Å². The summed E-state index contributed by atoms with van der Waals surface area (Å²) >= 11 is 3.46. The van der Waals surface area contributed by atoms with Gasteiger partial charge in [-0.1, -0.05) is 28.1 Å². The van der Waals surface area contributed by atoms with E-state index in [0.29, 0.717) is 11.2 Å². The van der Waals surface area contributed by atoms with E-state index in [0.717, 1.165) is 29.2 Å². The van der Waals surface area contributed by atoms with Gasteiger partial charge in [0, 0.05) is 22.6 Å². The van der Waals surface area contributed by atoms with Crippen molar-refractivity contribution in [2.24, 2.45) is 0 Å². The Labute approximate surface area is 141 Å². The molecule has 1 fully saturated rings. The zero-order valence-electron chi connectivity index (χ0n) is 12.4. The van der Waals surface area contributed by atoms with Crippen molar-refractivity contribution in [1.82, 2.24) is 20.1 Å². The molecular weight excluding hydrogens is 356 g/mol. The summed E-state index contributed by atoms with van der Waals surface area (Å²) in [6, 6.07) is 10.2. The minimum Gasteiger partial charge on any atom is -0.332 e. The first-order chi connectivity index (χ1) is 11.2. The minimum atomic E-state index is 0.0334. The van der Waals surface area contributed by atoms with E-state index in [-0.39, 0.29) is 11.9 Å². The Bertz CT molecular complexity index is 858. The lowest BCUT2D eigenvalue weighted by Gasteiger charge is -2.25. The van der Waals surface area contributed by atoms with Crippen molar-refractivity contribution in [2.75, 3.05) is 6.54 Å². The van der Waals surface area contributed by atoms with Crippen LogP contribution < -0.4 is 0 Å². The van der Waals surface area contributed by atoms with Crippen LogP contribution in [-0.4, -0.2) is 32.5 Å². The lowest BCUT2D eigenvalue weighted by atomic mass is 10.0. The Morgan fingerprint density at radius 1 is 1.26 bits per heavy atom. The predicted octanol–water partition coefficient (Wildman–Crippen LogP) is 3.70. The smallest absolute Gasteiger partial charge is 0.255 e. The molecule has 3 aromatic rings. The summed E-state index contributed by atoms with van der Waals surface area (Å²) in [5, 5.41) is 7.61. The third-order valence-electron chi connectivity index (χ3n) is 4.31. The molecule has 2 aromatic heterocycles. The van der Waals surface area contributed by atoms with Crippen LogP contribution in [0.4, 0.5) is 0 Å². The van der Waals surface area contributed by atoms with Crippen molar-refractivity contribution in [3.63, 3.8) is 0 Å². The Morgan fingerprint density at radius 2 is 2.09 bits per heavy atom. The van der Waals surface area contributed by atoms with Crippen LogP contribution in [0.15, 0.2) is 47.2 Å². The summed E-state index contributed by atoms with van der Waals surface area (Å²) in [6.07, 6.45) is 5.33. The van der Waals surface area contributed by atoms with Crippen LogP contribution in [0.3, 0.4) is 0 Å². The summed E-state index contributed by atoms with van der Waals surface area (Å²) in [5.74, 6) is 0.0334. The van der Waals surface area contributed by atoms with E-state index in [2.05, 4.69) is 43.2 Å². The number of carbonyl (C=O) groups excluding carboxylic acids is 1. The number of hydrogen-bond donors (Lipinski definition) is 1. The molecule has 1 amide bonds. The van der Waals surface area contributed by atoms with Crippen molar-refractivity contribution >= 4 is 32.9 Å². The number of nitrogens with zero attached hydrogens (tertiary/aromatic N) is 3. The minimum absolute atomic E-state index is 0.0334. The van der Waals surface area contributed by atoms with Crippen molar-refractivity contribution < 1.29 is 4.79 Å². The number of hydrogen-bond acceptors (Lipinski definition) is 3. The molecule has 0 unspecified atom stereocenters. The van der Waals surface area contributed by atoms with Crippen molar-refractivity contribution in [3.05, 3.63) is 58.3 Å². The number of aromatic amines is 1. The van der Waals surface area contributed by atoms with Crippen LogP contribution in [0, 0.1) is 0 Å². The number of aromatic nitrogens is 3. The molecule has 116 valence electrons. The highest BCUT2D eigenvalue weighted by molar-refractivity contribution is 9.10. The molecule has 1 aliphatic rings. The zero-order valence-corrected chi connectivity index (χ0v) is 14.0. The molecule has 1 N–H and O–H groups in total. The molecular formula is C17H15BrN4O. The molecule has 5 nitrogen and oxygen atoms in total. The first-order valence-electron chi connectivity index (χ1n) is 7.58. The number of pyridine rings is 1. The van der Waals surface area contributed by atoms with Gasteiger partial charge < -0.3 is 4.90 Å². The topological polar surface area (TPSA) is 61.9 Å². The highest BCUT2D eigenvalue weighted by atomic mass is 79.9. The maximum absolute atomic E-state index is 12.9. The van der Waals surface area contributed by atoms with Crippen LogP contribution in [0.25, 0.3) is 11.0 Å². The average Bonchev–Trinajstić information content (AvgIpc) is 3.23. The van der Waals surface area contributed by atoms with Crippen LogP contribution in [-0.2, 0) is 0 Å². The maximum Gasteiger partial charge on any atom is 0.255 e. The van der Waals surface area contributed by atoms with E-state index in [1.54, 1.807) is 12.4 Å². The van der Waals surface area contributed by atoms with E-state index in [9.17, 15) is 4.79 Å². The molecule has 1 aliphatic heterocycles. The fourth-order valence-corrected chi connectivity index (χ4v) is 3.42. The molecule has 0 saturated carbocycles. The number of amides is 1. The number of rotatable bonds is 2. The second-order valence-corrected chi connectivity index (χ2v) is 6.66. The highest BCUT2D eigenvalue weighted by Crippen LogP contribution is 2.33. The quantitative estimate of drug-likeness (QED) is 0.747. The lowest BCUT2D eigenvalue weighted by molar-refractivity contribution is 0.0735. The molecule has 1 atom stereocenters. The maximum atomic E-state index is 12.9. The molecule has 4 rings (SSSR count). The van der Waals surface area contributed by atoms with Crippen molar-refractivity contribution in [1.29, 1.82) is 0 Å².